The van der Waals surface area contributed by atoms with Gasteiger partial charge in [-0.2, -0.15) is 0 Å². The van der Waals surface area contributed by atoms with Gasteiger partial charge in [-0.1, -0.05) is 52.9 Å². The molecule has 0 radical (unpaired) electrons. The predicted molar refractivity (Wildman–Crippen MR) is 69.1 cm³/mol. The van der Waals surface area contributed by atoms with Crippen LogP contribution in [0.5, 0.6) is 0 Å². The molecule has 0 fully saturated rings. The van der Waals surface area contributed by atoms with Gasteiger partial charge in [-0.25, -0.2) is 0 Å². The summed E-state index contributed by atoms with van der Waals surface area (Å²) in [5, 5.41) is 0. The van der Waals surface area contributed by atoms with Crippen LogP contribution in [0.15, 0.2) is 0 Å². The Morgan fingerprint density at radius 3 is 2.00 bits per heavy atom. The van der Waals surface area contributed by atoms with Gasteiger partial charge in [0.15, 0.2) is 0 Å². The monoisotopic (exact) mass is 214 g/mol. The lowest BCUT2D eigenvalue weighted by molar-refractivity contribution is 0.207. The zero-order valence-corrected chi connectivity index (χ0v) is 11.0. The van der Waals surface area contributed by atoms with E-state index in [9.17, 15) is 0 Å². The van der Waals surface area contributed by atoms with Gasteiger partial charge < -0.3 is 5.73 Å². The van der Waals surface area contributed by atoms with Crippen LogP contribution in [0.1, 0.15) is 59.3 Å². The number of hydrogen-bond acceptors (Lipinski definition) is 2. The van der Waals surface area contributed by atoms with E-state index >= 15 is 0 Å². The van der Waals surface area contributed by atoms with Crippen LogP contribution in [-0.4, -0.2) is 30.6 Å². The molecule has 15 heavy (non-hydrogen) atoms. The first-order chi connectivity index (χ1) is 7.29. The van der Waals surface area contributed by atoms with Crippen LogP contribution < -0.4 is 5.73 Å². The molecule has 0 saturated carbocycles. The average Bonchev–Trinajstić information content (AvgIpc) is 2.27. The molecule has 2 N–H and O–H groups in total. The third-order valence-electron chi connectivity index (χ3n) is 3.24. The molecule has 1 unspecified atom stereocenters. The summed E-state index contributed by atoms with van der Waals surface area (Å²) in [5.74, 6) is 0. The van der Waals surface area contributed by atoms with Crippen LogP contribution in [0.3, 0.4) is 0 Å². The van der Waals surface area contributed by atoms with Crippen LogP contribution >= 0.6 is 0 Å². The maximum atomic E-state index is 5.82. The molecule has 0 spiro atoms. The molecule has 0 rings (SSSR count). The van der Waals surface area contributed by atoms with E-state index in [1.807, 2.05) is 0 Å². The molecule has 0 aromatic heterocycles. The van der Waals surface area contributed by atoms with E-state index in [-0.39, 0.29) is 0 Å². The van der Waals surface area contributed by atoms with Crippen LogP contribution in [0.2, 0.25) is 0 Å². The minimum atomic E-state index is 0.613. The van der Waals surface area contributed by atoms with Crippen LogP contribution in [0.4, 0.5) is 0 Å². The van der Waals surface area contributed by atoms with Gasteiger partial charge in [-0.15, -0.1) is 0 Å². The van der Waals surface area contributed by atoms with Gasteiger partial charge in [0.05, 0.1) is 0 Å². The SMILES string of the molecule is CCCCCCCC(CN)N(CC)CC. The van der Waals surface area contributed by atoms with Gasteiger partial charge in [0.1, 0.15) is 0 Å². The average molecular weight is 214 g/mol. The number of likely N-dealkylation sites (N-methyl/N-ethyl adjacent to an activating group) is 1. The fourth-order valence-electron chi connectivity index (χ4n) is 2.17. The lowest BCUT2D eigenvalue weighted by Crippen LogP contribution is -2.40. The molecule has 92 valence electrons. The first-order valence-electron chi connectivity index (χ1n) is 6.74. The lowest BCUT2D eigenvalue weighted by Gasteiger charge is -2.28. The Balaban J connectivity index is 3.60. The summed E-state index contributed by atoms with van der Waals surface area (Å²) in [5.41, 5.74) is 5.82. The number of nitrogens with two attached hydrogens (primary N) is 1. The standard InChI is InChI=1S/C13H30N2/c1-4-7-8-9-10-11-13(12-14)15(5-2)6-3/h13H,4-12,14H2,1-3H3. The van der Waals surface area contributed by atoms with E-state index in [1.165, 1.54) is 38.5 Å². The van der Waals surface area contributed by atoms with Gasteiger partial charge in [-0.05, 0) is 19.5 Å². The minimum Gasteiger partial charge on any atom is -0.329 e. The Kier molecular flexibility index (Phi) is 10.4. The quantitative estimate of drug-likeness (QED) is 0.566. The highest BCUT2D eigenvalue weighted by molar-refractivity contribution is 4.70. The molecule has 0 heterocycles. The molecule has 0 aromatic carbocycles. The highest BCUT2D eigenvalue weighted by Gasteiger charge is 2.12. The van der Waals surface area contributed by atoms with Gasteiger partial charge in [0.2, 0.25) is 0 Å². The van der Waals surface area contributed by atoms with Crippen molar-refractivity contribution in [3.05, 3.63) is 0 Å². The highest BCUT2D eigenvalue weighted by atomic mass is 15.1. The topological polar surface area (TPSA) is 29.3 Å². The van der Waals surface area contributed by atoms with Crippen LogP contribution in [0, 0.1) is 0 Å². The van der Waals surface area contributed by atoms with E-state index in [1.54, 1.807) is 0 Å². The summed E-state index contributed by atoms with van der Waals surface area (Å²) in [4.78, 5) is 2.49. The summed E-state index contributed by atoms with van der Waals surface area (Å²) in [6.07, 6.45) is 8.12. The van der Waals surface area contributed by atoms with Gasteiger partial charge >= 0.3 is 0 Å². The number of unbranched alkanes of at least 4 members (excludes halogenated alkanes) is 4. The number of hydrogen-bond donors (Lipinski definition) is 1. The molecular weight excluding hydrogens is 184 g/mol. The van der Waals surface area contributed by atoms with Crippen LogP contribution in [0.25, 0.3) is 0 Å². The summed E-state index contributed by atoms with van der Waals surface area (Å²) >= 11 is 0. The Bertz CT molecular complexity index is 122. The fraction of sp³-hybridized carbons (Fsp3) is 1.00. The Hall–Kier alpha value is -0.0800. The molecule has 2 nitrogen and oxygen atoms in total. The first kappa shape index (κ1) is 14.9. The van der Waals surface area contributed by atoms with E-state index in [4.69, 9.17) is 5.73 Å². The number of rotatable bonds is 10. The van der Waals surface area contributed by atoms with Crippen molar-refractivity contribution in [2.24, 2.45) is 5.73 Å². The lowest BCUT2D eigenvalue weighted by atomic mass is 10.1. The summed E-state index contributed by atoms with van der Waals surface area (Å²) in [6, 6.07) is 0.613. The highest BCUT2D eigenvalue weighted by Crippen LogP contribution is 2.10. The van der Waals surface area contributed by atoms with Crippen molar-refractivity contribution in [3.63, 3.8) is 0 Å². The van der Waals surface area contributed by atoms with Crippen LogP contribution in [-0.2, 0) is 0 Å². The van der Waals surface area contributed by atoms with E-state index in [0.29, 0.717) is 6.04 Å². The van der Waals surface area contributed by atoms with Crippen molar-refractivity contribution in [3.8, 4) is 0 Å². The van der Waals surface area contributed by atoms with Crippen molar-refractivity contribution >= 4 is 0 Å². The van der Waals surface area contributed by atoms with Crippen molar-refractivity contribution in [2.45, 2.75) is 65.3 Å². The summed E-state index contributed by atoms with van der Waals surface area (Å²) < 4.78 is 0. The molecular formula is C13H30N2. The zero-order valence-electron chi connectivity index (χ0n) is 11.0. The number of nitrogens with zero attached hydrogens (tertiary/aromatic N) is 1. The normalized spacial score (nSPS) is 13.4. The molecule has 1 atom stereocenters. The second kappa shape index (κ2) is 10.4. The van der Waals surface area contributed by atoms with E-state index < -0.39 is 0 Å². The van der Waals surface area contributed by atoms with Crippen molar-refractivity contribution < 1.29 is 0 Å². The third kappa shape index (κ3) is 6.91. The van der Waals surface area contributed by atoms with Crippen molar-refractivity contribution in [1.82, 2.24) is 4.90 Å². The Morgan fingerprint density at radius 2 is 1.53 bits per heavy atom. The van der Waals surface area contributed by atoms with Gasteiger partial charge in [0, 0.05) is 12.6 Å². The third-order valence-corrected chi connectivity index (χ3v) is 3.24. The molecule has 0 aliphatic carbocycles. The second-order valence-electron chi connectivity index (χ2n) is 4.31. The van der Waals surface area contributed by atoms with E-state index in [0.717, 1.165) is 19.6 Å². The van der Waals surface area contributed by atoms with Crippen molar-refractivity contribution in [2.75, 3.05) is 19.6 Å². The van der Waals surface area contributed by atoms with Gasteiger partial charge in [0.25, 0.3) is 0 Å². The predicted octanol–water partition coefficient (Wildman–Crippen LogP) is 3.02. The first-order valence-corrected chi connectivity index (χ1v) is 6.74. The summed E-state index contributed by atoms with van der Waals surface area (Å²) in [7, 11) is 0. The molecule has 0 aliphatic heterocycles. The molecule has 2 heteroatoms. The van der Waals surface area contributed by atoms with Crippen molar-refractivity contribution in [1.29, 1.82) is 0 Å². The minimum absolute atomic E-state index is 0.613. The molecule has 0 bridgehead atoms. The zero-order chi connectivity index (χ0) is 11.5. The largest absolute Gasteiger partial charge is 0.329 e. The molecule has 0 amide bonds. The molecule has 0 aromatic rings. The van der Waals surface area contributed by atoms with Gasteiger partial charge in [-0.3, -0.25) is 4.90 Å². The molecule has 0 aliphatic rings. The smallest absolute Gasteiger partial charge is 0.0218 e. The Labute approximate surface area is 96.2 Å². The maximum Gasteiger partial charge on any atom is 0.0218 e. The second-order valence-corrected chi connectivity index (χ2v) is 4.31. The fourth-order valence-corrected chi connectivity index (χ4v) is 2.17. The summed E-state index contributed by atoms with van der Waals surface area (Å²) in [6.45, 7) is 9.79. The Morgan fingerprint density at radius 1 is 0.933 bits per heavy atom. The van der Waals surface area contributed by atoms with E-state index in [2.05, 4.69) is 25.7 Å². The molecule has 0 saturated heterocycles. The maximum absolute atomic E-state index is 5.82.